The number of nitrogens with zero attached hydrogens (tertiary/aromatic N) is 2. The van der Waals surface area contributed by atoms with Gasteiger partial charge in [-0.25, -0.2) is 4.98 Å². The number of anilines is 2. The summed E-state index contributed by atoms with van der Waals surface area (Å²) in [6, 6.07) is 24.9. The van der Waals surface area contributed by atoms with Crippen molar-refractivity contribution in [3.05, 3.63) is 90.0 Å². The summed E-state index contributed by atoms with van der Waals surface area (Å²) in [5, 5.41) is 16.4. The van der Waals surface area contributed by atoms with E-state index < -0.39 is 6.10 Å². The lowest BCUT2D eigenvalue weighted by atomic mass is 10.1. The van der Waals surface area contributed by atoms with Crippen LogP contribution in [0.25, 0.3) is 11.0 Å². The van der Waals surface area contributed by atoms with Crippen LogP contribution in [0.2, 0.25) is 0 Å². The van der Waals surface area contributed by atoms with Crippen LogP contribution in [0.3, 0.4) is 0 Å². The largest absolute Gasteiger partial charge is 0.387 e. The topological polar surface area (TPSA) is 105 Å². The number of aromatic nitrogens is 2. The molecule has 9 heteroatoms. The van der Waals surface area contributed by atoms with Crippen LogP contribution < -0.4 is 16.4 Å². The van der Waals surface area contributed by atoms with Gasteiger partial charge in [-0.15, -0.1) is 24.8 Å². The van der Waals surface area contributed by atoms with Gasteiger partial charge in [0.1, 0.15) is 6.54 Å². The maximum atomic E-state index is 12.5. The molecule has 0 saturated carbocycles. The molecular formula is C25H29Cl2N5O2. The van der Waals surface area contributed by atoms with Crippen LogP contribution in [0.15, 0.2) is 78.9 Å². The highest BCUT2D eigenvalue weighted by molar-refractivity contribution is 5.92. The third-order valence-electron chi connectivity index (χ3n) is 5.34. The van der Waals surface area contributed by atoms with E-state index in [1.54, 1.807) is 4.57 Å². The number of hydrogen-bond donors (Lipinski definition) is 4. The molecule has 1 unspecified atom stereocenters. The Kier molecular flexibility index (Phi) is 10.3. The Balaban J connectivity index is 0.00000204. The number of hydrogen-bond acceptors (Lipinski definition) is 5. The molecule has 34 heavy (non-hydrogen) atoms. The zero-order chi connectivity index (χ0) is 22.3. The number of nitrogens with one attached hydrogen (secondary N) is 2. The molecule has 1 heterocycles. The van der Waals surface area contributed by atoms with Crippen molar-refractivity contribution in [1.29, 1.82) is 0 Å². The monoisotopic (exact) mass is 501 g/mol. The fourth-order valence-electron chi connectivity index (χ4n) is 3.62. The number of para-hydroxylation sites is 2. The minimum atomic E-state index is -0.518. The van der Waals surface area contributed by atoms with Crippen LogP contribution in [0.4, 0.5) is 11.6 Å². The Morgan fingerprint density at radius 1 is 0.971 bits per heavy atom. The first-order valence-corrected chi connectivity index (χ1v) is 10.6. The fourth-order valence-corrected chi connectivity index (χ4v) is 3.62. The number of halogens is 2. The van der Waals surface area contributed by atoms with Crippen molar-refractivity contribution in [1.82, 2.24) is 14.9 Å². The second-order valence-electron chi connectivity index (χ2n) is 7.67. The van der Waals surface area contributed by atoms with Crippen molar-refractivity contribution in [2.24, 2.45) is 0 Å². The van der Waals surface area contributed by atoms with Crippen LogP contribution in [0, 0.1) is 0 Å². The smallest absolute Gasteiger partial charge is 0.244 e. The van der Waals surface area contributed by atoms with Gasteiger partial charge in [0.15, 0.2) is 0 Å². The lowest BCUT2D eigenvalue weighted by molar-refractivity contribution is -0.116. The zero-order valence-corrected chi connectivity index (χ0v) is 20.2. The highest BCUT2D eigenvalue weighted by atomic mass is 35.5. The first-order valence-electron chi connectivity index (χ1n) is 10.6. The van der Waals surface area contributed by atoms with Crippen molar-refractivity contribution in [2.75, 3.05) is 24.1 Å². The summed E-state index contributed by atoms with van der Waals surface area (Å²) in [5.41, 5.74) is 10.4. The van der Waals surface area contributed by atoms with Crippen molar-refractivity contribution < 1.29 is 9.90 Å². The third-order valence-corrected chi connectivity index (χ3v) is 5.34. The number of carbonyl (C=O) groups excluding carboxylic acids is 1. The number of nitrogens with two attached hydrogens (primary N) is 1. The van der Waals surface area contributed by atoms with Gasteiger partial charge in [-0.1, -0.05) is 54.6 Å². The van der Waals surface area contributed by atoms with E-state index >= 15 is 0 Å². The molecule has 0 aliphatic rings. The van der Waals surface area contributed by atoms with E-state index in [2.05, 4.69) is 15.6 Å². The molecule has 0 aliphatic carbocycles. The highest BCUT2D eigenvalue weighted by Gasteiger charge is 2.11. The van der Waals surface area contributed by atoms with Gasteiger partial charge in [-0.2, -0.15) is 0 Å². The molecule has 4 aromatic rings. The number of aliphatic hydroxyl groups is 1. The molecule has 5 N–H and O–H groups in total. The number of fused-ring (bicyclic) bond motifs is 1. The van der Waals surface area contributed by atoms with Gasteiger partial charge < -0.3 is 26.0 Å². The molecule has 4 rings (SSSR count). The molecule has 3 aromatic carbocycles. The Hall–Kier alpha value is -3.10. The van der Waals surface area contributed by atoms with E-state index in [0.717, 1.165) is 40.8 Å². The van der Waals surface area contributed by atoms with Gasteiger partial charge in [-0.3, -0.25) is 4.79 Å². The summed E-state index contributed by atoms with van der Waals surface area (Å²) in [6.07, 6.45) is 0.309. The summed E-state index contributed by atoms with van der Waals surface area (Å²) in [7, 11) is 0. The normalized spacial score (nSPS) is 11.3. The Morgan fingerprint density at radius 2 is 1.65 bits per heavy atom. The molecule has 0 aliphatic heterocycles. The first-order chi connectivity index (χ1) is 15.6. The standard InChI is InChI=1S/C25H27N5O2.2ClH/c26-25-29-21-8-4-5-9-22(21)30(25)17-24(32)28-20-12-10-18(11-13-20)14-15-27-16-23(31)19-6-2-1-3-7-19;;/h1-13,23,27,31H,14-17H2,(H2,26,29)(H,28,32);2*1H. The van der Waals surface area contributed by atoms with Gasteiger partial charge in [0.25, 0.3) is 0 Å². The fraction of sp³-hybridized carbons (Fsp3) is 0.200. The van der Waals surface area contributed by atoms with Crippen molar-refractivity contribution in [3.63, 3.8) is 0 Å². The maximum absolute atomic E-state index is 12.5. The van der Waals surface area contributed by atoms with Gasteiger partial charge >= 0.3 is 0 Å². The highest BCUT2D eigenvalue weighted by Crippen LogP contribution is 2.18. The van der Waals surface area contributed by atoms with Crippen LogP contribution >= 0.6 is 24.8 Å². The van der Waals surface area contributed by atoms with Gasteiger partial charge in [0.2, 0.25) is 11.9 Å². The second-order valence-corrected chi connectivity index (χ2v) is 7.67. The number of rotatable bonds is 9. The molecule has 0 spiro atoms. The lowest BCUT2D eigenvalue weighted by Gasteiger charge is -2.12. The van der Waals surface area contributed by atoms with E-state index in [4.69, 9.17) is 5.73 Å². The van der Waals surface area contributed by atoms with E-state index in [1.807, 2.05) is 78.9 Å². The van der Waals surface area contributed by atoms with Crippen molar-refractivity contribution in [2.45, 2.75) is 19.1 Å². The molecule has 0 bridgehead atoms. The SMILES string of the molecule is Cl.Cl.Nc1nc2ccccc2n1CC(=O)Nc1ccc(CCNCC(O)c2ccccc2)cc1. The van der Waals surface area contributed by atoms with Crippen molar-refractivity contribution in [3.8, 4) is 0 Å². The van der Waals surface area contributed by atoms with Crippen molar-refractivity contribution >= 4 is 53.4 Å². The van der Waals surface area contributed by atoms with Gasteiger partial charge in [-0.05, 0) is 48.4 Å². The Labute approximate surface area is 211 Å². The molecule has 0 radical (unpaired) electrons. The zero-order valence-electron chi connectivity index (χ0n) is 18.6. The average molecular weight is 502 g/mol. The quantitative estimate of drug-likeness (QED) is 0.259. The minimum absolute atomic E-state index is 0. The molecule has 1 atom stereocenters. The number of aliphatic hydroxyl groups excluding tert-OH is 1. The molecule has 0 saturated heterocycles. The van der Waals surface area contributed by atoms with Crippen LogP contribution in [0.5, 0.6) is 0 Å². The maximum Gasteiger partial charge on any atom is 0.244 e. The number of benzene rings is 3. The number of nitrogen functional groups attached to an aromatic ring is 1. The molecule has 7 nitrogen and oxygen atoms in total. The number of amides is 1. The predicted octanol–water partition coefficient (Wildman–Crippen LogP) is 3.97. The third kappa shape index (κ3) is 6.95. The average Bonchev–Trinajstić information content (AvgIpc) is 3.13. The minimum Gasteiger partial charge on any atom is -0.387 e. The lowest BCUT2D eigenvalue weighted by Crippen LogP contribution is -2.23. The number of carbonyl (C=O) groups is 1. The van der Waals surface area contributed by atoms with Gasteiger partial charge in [0, 0.05) is 12.2 Å². The summed E-state index contributed by atoms with van der Waals surface area (Å²) in [5.74, 6) is 0.158. The van der Waals surface area contributed by atoms with E-state index in [0.29, 0.717) is 12.5 Å². The van der Waals surface area contributed by atoms with E-state index in [-0.39, 0.29) is 37.3 Å². The summed E-state index contributed by atoms with van der Waals surface area (Å²) in [6.45, 7) is 1.36. The first kappa shape index (κ1) is 27.1. The summed E-state index contributed by atoms with van der Waals surface area (Å²) < 4.78 is 1.70. The Morgan fingerprint density at radius 3 is 2.38 bits per heavy atom. The van der Waals surface area contributed by atoms with Crippen LogP contribution in [-0.2, 0) is 17.8 Å². The summed E-state index contributed by atoms with van der Waals surface area (Å²) >= 11 is 0. The van der Waals surface area contributed by atoms with Crippen LogP contribution in [0.1, 0.15) is 17.2 Å². The van der Waals surface area contributed by atoms with Gasteiger partial charge in [0.05, 0.1) is 17.1 Å². The second kappa shape index (κ2) is 13.0. The summed E-state index contributed by atoms with van der Waals surface area (Å²) in [4.78, 5) is 16.8. The predicted molar refractivity (Wildman–Crippen MR) is 142 cm³/mol. The molecule has 0 fully saturated rings. The van der Waals surface area contributed by atoms with Crippen LogP contribution in [-0.4, -0.2) is 33.7 Å². The van der Waals surface area contributed by atoms with E-state index in [9.17, 15) is 9.90 Å². The van der Waals surface area contributed by atoms with E-state index in [1.165, 1.54) is 0 Å². The molecule has 1 amide bonds. The number of imidazole rings is 1. The Bertz CT molecular complexity index is 1180. The molecule has 1 aromatic heterocycles. The molecule has 180 valence electrons. The molecular weight excluding hydrogens is 473 g/mol.